The van der Waals surface area contributed by atoms with Crippen molar-refractivity contribution in [3.05, 3.63) is 35.4 Å². The number of esters is 1. The van der Waals surface area contributed by atoms with E-state index in [0.717, 1.165) is 0 Å². The Bertz CT molecular complexity index is 686. The number of rotatable bonds is 6. The van der Waals surface area contributed by atoms with Gasteiger partial charge in [-0.05, 0) is 31.5 Å². The number of carbonyl (C=O) groups is 3. The predicted molar refractivity (Wildman–Crippen MR) is 94.8 cm³/mol. The van der Waals surface area contributed by atoms with Crippen LogP contribution >= 0.6 is 0 Å². The molecule has 1 aromatic carbocycles. The zero-order valence-electron chi connectivity index (χ0n) is 15.1. The number of nitrogens with one attached hydrogen (secondary N) is 1. The average Bonchev–Trinajstić information content (AvgIpc) is 2.60. The van der Waals surface area contributed by atoms with Gasteiger partial charge in [0.05, 0.1) is 7.11 Å². The summed E-state index contributed by atoms with van der Waals surface area (Å²) in [5.41, 5.74) is 1.13. The minimum absolute atomic E-state index is 0.0835. The predicted octanol–water partition coefficient (Wildman–Crippen LogP) is 1.59. The Kier molecular flexibility index (Phi) is 8.21. The van der Waals surface area contributed by atoms with Crippen molar-refractivity contribution in [2.45, 2.75) is 32.2 Å². The lowest BCUT2D eigenvalue weighted by Crippen LogP contribution is -2.39. The third-order valence-electron chi connectivity index (χ3n) is 3.45. The van der Waals surface area contributed by atoms with E-state index in [1.54, 1.807) is 50.2 Å². The summed E-state index contributed by atoms with van der Waals surface area (Å²) < 4.78 is 4.58. The molecule has 1 N–H and O–H groups in total. The van der Waals surface area contributed by atoms with E-state index in [-0.39, 0.29) is 11.8 Å². The van der Waals surface area contributed by atoms with Crippen molar-refractivity contribution in [3.63, 3.8) is 0 Å². The second-order valence-corrected chi connectivity index (χ2v) is 5.74. The van der Waals surface area contributed by atoms with Crippen molar-refractivity contribution < 1.29 is 19.1 Å². The van der Waals surface area contributed by atoms with Gasteiger partial charge >= 0.3 is 5.97 Å². The molecular weight excluding hydrogens is 320 g/mol. The Morgan fingerprint density at radius 1 is 1.28 bits per heavy atom. The number of hydrogen-bond donors (Lipinski definition) is 1. The highest BCUT2D eigenvalue weighted by Gasteiger charge is 2.16. The standard InChI is InChI=1S/C19H24N2O4/c1-14(19(24)25-4)20-18(23)16-11-8-10-15(13-16)9-6-5-7-12-17(22)21(2)3/h8,10-11,13-14H,5,7,12H2,1-4H3,(H,20,23). The van der Waals surface area contributed by atoms with Crippen LogP contribution in [0.2, 0.25) is 0 Å². The summed E-state index contributed by atoms with van der Waals surface area (Å²) in [6.45, 7) is 1.56. The monoisotopic (exact) mass is 344 g/mol. The van der Waals surface area contributed by atoms with Gasteiger partial charge in [-0.1, -0.05) is 17.9 Å². The zero-order valence-corrected chi connectivity index (χ0v) is 15.1. The van der Waals surface area contributed by atoms with Crippen LogP contribution in [-0.2, 0) is 14.3 Å². The second-order valence-electron chi connectivity index (χ2n) is 5.74. The molecule has 0 aliphatic carbocycles. The molecule has 0 aliphatic heterocycles. The molecule has 1 rings (SSSR count). The molecule has 1 aromatic rings. The van der Waals surface area contributed by atoms with Gasteiger partial charge in [-0.2, -0.15) is 0 Å². The van der Waals surface area contributed by atoms with Crippen LogP contribution in [0.15, 0.2) is 24.3 Å². The quantitative estimate of drug-likeness (QED) is 0.483. The maximum Gasteiger partial charge on any atom is 0.328 e. The van der Waals surface area contributed by atoms with E-state index >= 15 is 0 Å². The van der Waals surface area contributed by atoms with Gasteiger partial charge in [0, 0.05) is 38.1 Å². The number of methoxy groups -OCH3 is 1. The lowest BCUT2D eigenvalue weighted by Gasteiger charge is -2.11. The maximum atomic E-state index is 12.1. The number of hydrogen-bond acceptors (Lipinski definition) is 4. The molecule has 0 aromatic heterocycles. The first kappa shape index (κ1) is 20.2. The zero-order chi connectivity index (χ0) is 18.8. The average molecular weight is 344 g/mol. The van der Waals surface area contributed by atoms with Gasteiger partial charge in [0.15, 0.2) is 0 Å². The minimum atomic E-state index is -0.721. The van der Waals surface area contributed by atoms with E-state index in [0.29, 0.717) is 30.4 Å². The smallest absolute Gasteiger partial charge is 0.328 e. The van der Waals surface area contributed by atoms with Crippen molar-refractivity contribution >= 4 is 17.8 Å². The van der Waals surface area contributed by atoms with E-state index in [1.807, 2.05) is 0 Å². The maximum absolute atomic E-state index is 12.1. The first-order chi connectivity index (χ1) is 11.8. The van der Waals surface area contributed by atoms with Crippen LogP contribution in [0, 0.1) is 11.8 Å². The van der Waals surface area contributed by atoms with Gasteiger partial charge in [-0.15, -0.1) is 0 Å². The summed E-state index contributed by atoms with van der Waals surface area (Å²) in [4.78, 5) is 36.5. The highest BCUT2D eigenvalue weighted by atomic mass is 16.5. The molecule has 0 heterocycles. The highest BCUT2D eigenvalue weighted by Crippen LogP contribution is 2.05. The first-order valence-corrected chi connectivity index (χ1v) is 8.03. The topological polar surface area (TPSA) is 75.7 Å². The molecule has 0 saturated carbocycles. The largest absolute Gasteiger partial charge is 0.467 e. The van der Waals surface area contributed by atoms with Crippen molar-refractivity contribution in [3.8, 4) is 11.8 Å². The number of unbranched alkanes of at least 4 members (excludes halogenated alkanes) is 1. The molecule has 1 atom stereocenters. The van der Waals surface area contributed by atoms with Gasteiger partial charge in [0.2, 0.25) is 5.91 Å². The summed E-state index contributed by atoms with van der Waals surface area (Å²) in [5.74, 6) is 5.20. The van der Waals surface area contributed by atoms with Gasteiger partial charge < -0.3 is 15.0 Å². The Hall–Kier alpha value is -2.81. The van der Waals surface area contributed by atoms with Crippen molar-refractivity contribution in [2.24, 2.45) is 0 Å². The molecule has 0 aliphatic rings. The molecule has 6 heteroatoms. The molecule has 2 amide bonds. The number of carbonyl (C=O) groups excluding carboxylic acids is 3. The number of nitrogens with zero attached hydrogens (tertiary/aromatic N) is 1. The summed E-state index contributed by atoms with van der Waals surface area (Å²) in [6.07, 6.45) is 1.77. The van der Waals surface area contributed by atoms with E-state index in [9.17, 15) is 14.4 Å². The Morgan fingerprint density at radius 3 is 2.64 bits per heavy atom. The number of amides is 2. The molecule has 1 unspecified atom stereocenters. The summed E-state index contributed by atoms with van der Waals surface area (Å²) >= 11 is 0. The molecule has 0 fully saturated rings. The summed E-state index contributed by atoms with van der Waals surface area (Å²) in [6, 6.07) is 6.13. The Balaban J connectivity index is 2.61. The van der Waals surface area contributed by atoms with E-state index < -0.39 is 12.0 Å². The van der Waals surface area contributed by atoms with Crippen LogP contribution in [0.1, 0.15) is 42.1 Å². The molecule has 0 spiro atoms. The van der Waals surface area contributed by atoms with Crippen LogP contribution in [-0.4, -0.2) is 49.9 Å². The molecule has 0 bridgehead atoms. The summed E-state index contributed by atoms with van der Waals surface area (Å²) in [5, 5.41) is 2.57. The lowest BCUT2D eigenvalue weighted by molar-refractivity contribution is -0.142. The van der Waals surface area contributed by atoms with Crippen LogP contribution < -0.4 is 5.32 Å². The lowest BCUT2D eigenvalue weighted by atomic mass is 10.1. The van der Waals surface area contributed by atoms with Crippen molar-refractivity contribution in [1.29, 1.82) is 0 Å². The highest BCUT2D eigenvalue weighted by molar-refractivity contribution is 5.96. The van der Waals surface area contributed by atoms with Gasteiger partial charge in [-0.3, -0.25) is 9.59 Å². The first-order valence-electron chi connectivity index (χ1n) is 8.03. The fraction of sp³-hybridized carbons (Fsp3) is 0.421. The number of benzene rings is 1. The SMILES string of the molecule is COC(=O)C(C)NC(=O)c1cccc(C#CCCCC(=O)N(C)C)c1. The van der Waals surface area contributed by atoms with Crippen molar-refractivity contribution in [1.82, 2.24) is 10.2 Å². The van der Waals surface area contributed by atoms with Gasteiger partial charge in [0.25, 0.3) is 5.91 Å². The third-order valence-corrected chi connectivity index (χ3v) is 3.45. The second kappa shape index (κ2) is 10.1. The van der Waals surface area contributed by atoms with E-state index in [2.05, 4.69) is 21.9 Å². The Labute approximate surface area is 148 Å². The van der Waals surface area contributed by atoms with Gasteiger partial charge in [-0.25, -0.2) is 4.79 Å². The molecule has 0 radical (unpaired) electrons. The van der Waals surface area contributed by atoms with Crippen LogP contribution in [0.3, 0.4) is 0 Å². The van der Waals surface area contributed by atoms with E-state index in [4.69, 9.17) is 0 Å². The van der Waals surface area contributed by atoms with Crippen LogP contribution in [0.25, 0.3) is 0 Å². The van der Waals surface area contributed by atoms with E-state index in [1.165, 1.54) is 7.11 Å². The van der Waals surface area contributed by atoms with Crippen LogP contribution in [0.5, 0.6) is 0 Å². The summed E-state index contributed by atoms with van der Waals surface area (Å²) in [7, 11) is 4.73. The normalized spacial score (nSPS) is 10.9. The van der Waals surface area contributed by atoms with Gasteiger partial charge in [0.1, 0.15) is 6.04 Å². The van der Waals surface area contributed by atoms with Crippen LogP contribution in [0.4, 0.5) is 0 Å². The fourth-order valence-electron chi connectivity index (χ4n) is 1.97. The fourth-order valence-corrected chi connectivity index (χ4v) is 1.97. The van der Waals surface area contributed by atoms with Crippen molar-refractivity contribution in [2.75, 3.05) is 21.2 Å². The Morgan fingerprint density at radius 2 is 2.00 bits per heavy atom. The third kappa shape index (κ3) is 7.08. The molecule has 0 saturated heterocycles. The molecule has 134 valence electrons. The minimum Gasteiger partial charge on any atom is -0.467 e. The molecule has 25 heavy (non-hydrogen) atoms. The molecular formula is C19H24N2O4. The molecule has 6 nitrogen and oxygen atoms in total. The number of ether oxygens (including phenoxy) is 1.